The van der Waals surface area contributed by atoms with E-state index in [1.807, 2.05) is 0 Å². The summed E-state index contributed by atoms with van der Waals surface area (Å²) in [4.78, 5) is 11.0. The fraction of sp³-hybridized carbons (Fsp3) is 0.571. The van der Waals surface area contributed by atoms with E-state index in [1.165, 1.54) is 0 Å². The summed E-state index contributed by atoms with van der Waals surface area (Å²) in [6, 6.07) is 4.03. The third-order valence-electron chi connectivity index (χ3n) is 5.17. The summed E-state index contributed by atoms with van der Waals surface area (Å²) in [7, 11) is 1.04. The van der Waals surface area contributed by atoms with Gasteiger partial charge in [-0.1, -0.05) is 12.1 Å². The Morgan fingerprint density at radius 2 is 1.17 bits per heavy atom. The Morgan fingerprint density at radius 1 is 0.732 bits per heavy atom. The maximum Gasteiger partial charge on any atom is 0.384 e. The van der Waals surface area contributed by atoms with Gasteiger partial charge in [0.05, 0.1) is 7.11 Å². The second-order valence-corrected chi connectivity index (χ2v) is 7.99. The summed E-state index contributed by atoms with van der Waals surface area (Å²) in [6.07, 6.45) is -11.9. The molecule has 0 spiro atoms. The molecule has 0 saturated carbocycles. The molecule has 1 unspecified atom stereocenters. The molecule has 1 rings (SSSR count). The Balaban J connectivity index is 3.14. The number of alkyl halides is 17. The molecule has 0 aromatic heterocycles. The van der Waals surface area contributed by atoms with Gasteiger partial charge >= 0.3 is 53.9 Å². The highest BCUT2D eigenvalue weighted by Crippen LogP contribution is 2.63. The molecule has 0 fully saturated rings. The Morgan fingerprint density at radius 3 is 1.61 bits per heavy atom. The van der Waals surface area contributed by atoms with Crippen LogP contribution in [0, 0.1) is 0 Å². The predicted molar refractivity (Wildman–Crippen MR) is 103 cm³/mol. The molecule has 20 heteroatoms. The Hall–Kier alpha value is -2.96. The SMILES string of the molecule is COC(=O)C=Cc1ccc(OC(F)CCC(F)(F)C(F)(F)C(F)(F)C(F)(F)C(F)(F)C(F)(F)C(F)(F)C(F)F)cc1. The van der Waals surface area contributed by atoms with Crippen molar-refractivity contribution in [3.05, 3.63) is 35.9 Å². The summed E-state index contributed by atoms with van der Waals surface area (Å²) >= 11 is 0. The number of hydrogen-bond acceptors (Lipinski definition) is 3. The van der Waals surface area contributed by atoms with Crippen molar-refractivity contribution in [3.8, 4) is 5.75 Å². The van der Waals surface area contributed by atoms with Crippen LogP contribution in [0.5, 0.6) is 5.75 Å². The van der Waals surface area contributed by atoms with Crippen molar-refractivity contribution >= 4 is 12.0 Å². The van der Waals surface area contributed by atoms with Crippen LogP contribution >= 0.6 is 0 Å². The standard InChI is InChI=1S/C21H15F17O3/c1-40-13(39)7-4-10-2-5-11(6-3-10)41-12(22)8-9-15(25,26)17(29,30)19(33,34)21(37,38)20(35,36)18(31,32)16(27,28)14(23)24/h2-7,12,14H,8-9H2,1H3. The van der Waals surface area contributed by atoms with Crippen LogP contribution in [0.15, 0.2) is 30.3 Å². The van der Waals surface area contributed by atoms with Gasteiger partial charge in [-0.25, -0.2) is 18.0 Å². The molecule has 3 nitrogen and oxygen atoms in total. The molecular weight excluding hydrogens is 623 g/mol. The van der Waals surface area contributed by atoms with Gasteiger partial charge in [0.25, 0.3) is 0 Å². The van der Waals surface area contributed by atoms with Gasteiger partial charge in [0, 0.05) is 18.9 Å². The van der Waals surface area contributed by atoms with Crippen LogP contribution in [0.4, 0.5) is 74.6 Å². The van der Waals surface area contributed by atoms with Gasteiger partial charge in [-0.3, -0.25) is 0 Å². The molecule has 41 heavy (non-hydrogen) atoms. The summed E-state index contributed by atoms with van der Waals surface area (Å²) < 4.78 is 236. The summed E-state index contributed by atoms with van der Waals surface area (Å²) in [5, 5.41) is 0. The Bertz CT molecular complexity index is 1070. The molecule has 0 aliphatic carbocycles. The first kappa shape index (κ1) is 36.1. The largest absolute Gasteiger partial charge is 0.466 e. The maximum atomic E-state index is 13.9. The third kappa shape index (κ3) is 6.44. The van der Waals surface area contributed by atoms with Crippen molar-refractivity contribution in [3.63, 3.8) is 0 Å². The van der Waals surface area contributed by atoms with Crippen molar-refractivity contribution in [1.82, 2.24) is 0 Å². The number of halogens is 17. The summed E-state index contributed by atoms with van der Waals surface area (Å²) in [6.45, 7) is 0. The van der Waals surface area contributed by atoms with E-state index < -0.39 is 78.8 Å². The topological polar surface area (TPSA) is 35.5 Å². The number of ether oxygens (including phenoxy) is 2. The highest BCUT2D eigenvalue weighted by molar-refractivity contribution is 5.86. The average molecular weight is 638 g/mol. The molecule has 236 valence electrons. The minimum absolute atomic E-state index is 0.237. The van der Waals surface area contributed by atoms with Gasteiger partial charge < -0.3 is 9.47 Å². The first-order valence-electron chi connectivity index (χ1n) is 10.3. The highest BCUT2D eigenvalue weighted by Gasteiger charge is 2.93. The zero-order chi connectivity index (χ0) is 32.5. The van der Waals surface area contributed by atoms with Gasteiger partial charge in [0.1, 0.15) is 5.75 Å². The second-order valence-electron chi connectivity index (χ2n) is 7.99. The predicted octanol–water partition coefficient (Wildman–Crippen LogP) is 8.04. The fourth-order valence-corrected chi connectivity index (χ4v) is 2.72. The van der Waals surface area contributed by atoms with E-state index in [9.17, 15) is 79.4 Å². The lowest BCUT2D eigenvalue weighted by Gasteiger charge is -2.42. The highest BCUT2D eigenvalue weighted by atomic mass is 19.4. The molecule has 0 amide bonds. The number of benzene rings is 1. The Labute approximate surface area is 217 Å². The molecule has 0 N–H and O–H groups in total. The van der Waals surface area contributed by atoms with E-state index in [-0.39, 0.29) is 5.56 Å². The van der Waals surface area contributed by atoms with Gasteiger partial charge in [0.2, 0.25) is 6.36 Å². The van der Waals surface area contributed by atoms with E-state index in [4.69, 9.17) is 0 Å². The van der Waals surface area contributed by atoms with E-state index in [0.717, 1.165) is 43.5 Å². The van der Waals surface area contributed by atoms with Gasteiger partial charge in [-0.2, -0.15) is 61.5 Å². The molecule has 0 saturated heterocycles. The van der Waals surface area contributed by atoms with Crippen molar-refractivity contribution in [2.45, 2.75) is 67.1 Å². The number of hydrogen-bond donors (Lipinski definition) is 0. The first-order valence-corrected chi connectivity index (χ1v) is 10.3. The second kappa shape index (κ2) is 11.7. The van der Waals surface area contributed by atoms with Crippen LogP contribution < -0.4 is 4.74 Å². The molecular formula is C21H15F17O3. The maximum absolute atomic E-state index is 13.9. The monoisotopic (exact) mass is 638 g/mol. The minimum Gasteiger partial charge on any atom is -0.466 e. The zero-order valence-electron chi connectivity index (χ0n) is 19.7. The van der Waals surface area contributed by atoms with E-state index in [0.29, 0.717) is 0 Å². The first-order chi connectivity index (χ1) is 18.2. The van der Waals surface area contributed by atoms with E-state index >= 15 is 0 Å². The van der Waals surface area contributed by atoms with E-state index in [2.05, 4.69) is 9.47 Å². The van der Waals surface area contributed by atoms with Crippen molar-refractivity contribution in [2.75, 3.05) is 7.11 Å². The molecule has 0 aliphatic rings. The molecule has 0 bridgehead atoms. The summed E-state index contributed by atoms with van der Waals surface area (Å²) in [5.41, 5.74) is 0.237. The van der Waals surface area contributed by atoms with Crippen LogP contribution in [-0.4, -0.2) is 67.3 Å². The lowest BCUT2D eigenvalue weighted by molar-refractivity contribution is -0.447. The van der Waals surface area contributed by atoms with Crippen LogP contribution in [0.25, 0.3) is 6.08 Å². The summed E-state index contributed by atoms with van der Waals surface area (Å²) in [5.74, 6) is -56.7. The quantitative estimate of drug-likeness (QED) is 0.118. The average Bonchev–Trinajstić information content (AvgIpc) is 2.86. The fourth-order valence-electron chi connectivity index (χ4n) is 2.72. The lowest BCUT2D eigenvalue weighted by atomic mass is 9.88. The van der Waals surface area contributed by atoms with Crippen LogP contribution in [0.3, 0.4) is 0 Å². The van der Waals surface area contributed by atoms with Crippen molar-refractivity contribution in [1.29, 1.82) is 0 Å². The molecule has 0 heterocycles. The van der Waals surface area contributed by atoms with Crippen molar-refractivity contribution in [2.24, 2.45) is 0 Å². The van der Waals surface area contributed by atoms with Crippen molar-refractivity contribution < 1.29 is 88.9 Å². The third-order valence-corrected chi connectivity index (χ3v) is 5.17. The van der Waals surface area contributed by atoms with Crippen LogP contribution in [-0.2, 0) is 9.53 Å². The number of methoxy groups -OCH3 is 1. The van der Waals surface area contributed by atoms with E-state index in [1.54, 1.807) is 0 Å². The minimum atomic E-state index is -8.51. The molecule has 1 aromatic carbocycles. The molecule has 0 aliphatic heterocycles. The molecule has 1 atom stereocenters. The van der Waals surface area contributed by atoms with Crippen LogP contribution in [0.2, 0.25) is 0 Å². The van der Waals surface area contributed by atoms with Gasteiger partial charge in [0.15, 0.2) is 0 Å². The lowest BCUT2D eigenvalue weighted by Crippen LogP contribution is -2.73. The molecule has 0 radical (unpaired) electrons. The normalized spacial score (nSPS) is 15.4. The smallest absolute Gasteiger partial charge is 0.384 e. The number of rotatable bonds is 14. The number of esters is 1. The number of carbonyl (C=O) groups excluding carboxylic acids is 1. The van der Waals surface area contributed by atoms with Crippen LogP contribution in [0.1, 0.15) is 18.4 Å². The zero-order valence-corrected chi connectivity index (χ0v) is 19.7. The van der Waals surface area contributed by atoms with Gasteiger partial charge in [-0.05, 0) is 23.8 Å². The van der Waals surface area contributed by atoms with Gasteiger partial charge in [-0.15, -0.1) is 0 Å². The number of carbonyl (C=O) groups is 1. The Kier molecular flexibility index (Phi) is 10.3. The molecule has 1 aromatic rings.